The van der Waals surface area contributed by atoms with Gasteiger partial charge in [-0.1, -0.05) is 22.9 Å². The van der Waals surface area contributed by atoms with Crippen LogP contribution >= 0.6 is 22.9 Å². The van der Waals surface area contributed by atoms with Crippen molar-refractivity contribution in [1.29, 1.82) is 0 Å². The summed E-state index contributed by atoms with van der Waals surface area (Å²) in [6.07, 6.45) is 6.37. The Bertz CT molecular complexity index is 1200. The molecule has 30 heavy (non-hydrogen) atoms. The topological polar surface area (TPSA) is 37.8 Å². The molecule has 2 aromatic heterocycles. The van der Waals surface area contributed by atoms with Gasteiger partial charge < -0.3 is 5.32 Å². The molecule has 0 amide bonds. The molecule has 0 radical (unpaired) electrons. The summed E-state index contributed by atoms with van der Waals surface area (Å²) in [4.78, 5) is 9.09. The van der Waals surface area contributed by atoms with Gasteiger partial charge in [0.25, 0.3) is 0 Å². The molecule has 1 N–H and O–H groups in total. The van der Waals surface area contributed by atoms with Gasteiger partial charge in [0.15, 0.2) is 5.13 Å². The van der Waals surface area contributed by atoms with Crippen LogP contribution in [0.1, 0.15) is 44.1 Å². The van der Waals surface area contributed by atoms with Crippen LogP contribution in [-0.2, 0) is 0 Å². The van der Waals surface area contributed by atoms with E-state index in [1.54, 1.807) is 23.5 Å². The fraction of sp³-hybridized carbons (Fsp3) is 0.333. The second-order valence-corrected chi connectivity index (χ2v) is 9.70. The lowest BCUT2D eigenvalue weighted by molar-refractivity contribution is 0.302. The fourth-order valence-electron chi connectivity index (χ4n) is 4.70. The summed E-state index contributed by atoms with van der Waals surface area (Å²) in [6, 6.07) is 13.2. The van der Waals surface area contributed by atoms with Crippen LogP contribution in [0.3, 0.4) is 0 Å². The molecule has 1 saturated carbocycles. The van der Waals surface area contributed by atoms with Crippen molar-refractivity contribution in [3.63, 3.8) is 0 Å². The molecular weight excluding hydrogens is 417 g/mol. The minimum Gasteiger partial charge on any atom is -0.359 e. The van der Waals surface area contributed by atoms with Gasteiger partial charge in [0.1, 0.15) is 5.82 Å². The molecule has 6 heteroatoms. The Hall–Kier alpha value is -2.24. The van der Waals surface area contributed by atoms with Crippen LogP contribution in [0, 0.1) is 11.7 Å². The summed E-state index contributed by atoms with van der Waals surface area (Å²) < 4.78 is 15.0. The van der Waals surface area contributed by atoms with E-state index in [9.17, 15) is 4.39 Å². The number of benzene rings is 2. The van der Waals surface area contributed by atoms with E-state index in [1.807, 2.05) is 24.4 Å². The molecule has 1 aliphatic rings. The van der Waals surface area contributed by atoms with Crippen molar-refractivity contribution < 1.29 is 4.39 Å². The van der Waals surface area contributed by atoms with E-state index in [1.165, 1.54) is 11.6 Å². The van der Waals surface area contributed by atoms with Crippen molar-refractivity contribution >= 4 is 49.2 Å². The second-order valence-electron chi connectivity index (χ2n) is 8.24. The maximum Gasteiger partial charge on any atom is 0.184 e. The normalized spacial score (nSPS) is 20.5. The lowest BCUT2D eigenvalue weighted by Crippen LogP contribution is -2.29. The Morgan fingerprint density at radius 1 is 1.07 bits per heavy atom. The second kappa shape index (κ2) is 8.12. The van der Waals surface area contributed by atoms with Gasteiger partial charge in [-0.3, -0.25) is 4.98 Å². The van der Waals surface area contributed by atoms with E-state index < -0.39 is 0 Å². The van der Waals surface area contributed by atoms with Gasteiger partial charge in [0.05, 0.1) is 15.7 Å². The number of nitrogens with one attached hydrogen (secondary N) is 1. The summed E-state index contributed by atoms with van der Waals surface area (Å²) in [5.41, 5.74) is 3.06. The smallest absolute Gasteiger partial charge is 0.184 e. The molecule has 1 atom stereocenters. The Morgan fingerprint density at radius 3 is 2.73 bits per heavy atom. The Morgan fingerprint density at radius 2 is 1.90 bits per heavy atom. The minimum absolute atomic E-state index is 0.194. The van der Waals surface area contributed by atoms with E-state index in [0.29, 0.717) is 22.9 Å². The van der Waals surface area contributed by atoms with Gasteiger partial charge >= 0.3 is 0 Å². The number of pyridine rings is 1. The van der Waals surface area contributed by atoms with Crippen molar-refractivity contribution in [2.24, 2.45) is 5.92 Å². The molecule has 3 nitrogen and oxygen atoms in total. The largest absolute Gasteiger partial charge is 0.359 e. The number of nitrogens with zero attached hydrogens (tertiary/aromatic N) is 2. The van der Waals surface area contributed by atoms with Gasteiger partial charge in [-0.25, -0.2) is 9.37 Å². The van der Waals surface area contributed by atoms with Crippen molar-refractivity contribution in [3.8, 4) is 0 Å². The maximum absolute atomic E-state index is 13.8. The first-order valence-electron chi connectivity index (χ1n) is 10.4. The fourth-order valence-corrected chi connectivity index (χ4v) is 5.81. The molecule has 2 heterocycles. The maximum atomic E-state index is 13.8. The Kier molecular flexibility index (Phi) is 5.34. The number of aromatic nitrogens is 2. The first-order chi connectivity index (χ1) is 14.6. The summed E-state index contributed by atoms with van der Waals surface area (Å²) in [5.74, 6) is 0.868. The summed E-state index contributed by atoms with van der Waals surface area (Å²) >= 11 is 7.76. The number of hydrogen-bond donors (Lipinski definition) is 1. The average molecular weight is 440 g/mol. The third-order valence-electron chi connectivity index (χ3n) is 6.36. The number of fused-ring (bicyclic) bond motifs is 2. The summed E-state index contributed by atoms with van der Waals surface area (Å²) in [5, 5.41) is 6.25. The Labute approximate surface area is 184 Å². The number of hydrogen-bond acceptors (Lipinski definition) is 4. The predicted molar refractivity (Wildman–Crippen MR) is 124 cm³/mol. The average Bonchev–Trinajstić information content (AvgIpc) is 3.14. The highest BCUT2D eigenvalue weighted by Gasteiger charge is 2.27. The number of halogens is 2. The van der Waals surface area contributed by atoms with Gasteiger partial charge in [0.2, 0.25) is 0 Å². The number of rotatable bonds is 4. The van der Waals surface area contributed by atoms with Crippen LogP contribution in [0.4, 0.5) is 9.52 Å². The van der Waals surface area contributed by atoms with E-state index >= 15 is 0 Å². The van der Waals surface area contributed by atoms with Crippen molar-refractivity contribution in [2.45, 2.75) is 44.6 Å². The van der Waals surface area contributed by atoms with Gasteiger partial charge in [-0.05, 0) is 92.5 Å². The zero-order chi connectivity index (χ0) is 20.7. The van der Waals surface area contributed by atoms with Crippen LogP contribution in [0.25, 0.3) is 21.1 Å². The molecule has 1 fully saturated rings. The van der Waals surface area contributed by atoms with Crippen LogP contribution in [0.15, 0.2) is 48.7 Å². The molecule has 5 rings (SSSR count). The van der Waals surface area contributed by atoms with Crippen molar-refractivity contribution in [3.05, 3.63) is 65.1 Å². The lowest BCUT2D eigenvalue weighted by Gasteiger charge is -2.33. The molecule has 1 aliphatic carbocycles. The zero-order valence-corrected chi connectivity index (χ0v) is 18.3. The molecule has 0 bridgehead atoms. The van der Waals surface area contributed by atoms with E-state index in [-0.39, 0.29) is 5.82 Å². The van der Waals surface area contributed by atoms with Gasteiger partial charge in [0, 0.05) is 22.6 Å². The van der Waals surface area contributed by atoms with E-state index in [0.717, 1.165) is 51.9 Å². The summed E-state index contributed by atoms with van der Waals surface area (Å²) in [6.45, 7) is 2.25. The highest BCUT2D eigenvalue weighted by atomic mass is 35.5. The van der Waals surface area contributed by atoms with Gasteiger partial charge in [-0.15, -0.1) is 0 Å². The third-order valence-corrected chi connectivity index (χ3v) is 7.56. The molecule has 4 aromatic rings. The Balaban J connectivity index is 1.27. The van der Waals surface area contributed by atoms with Crippen LogP contribution in [-0.4, -0.2) is 16.0 Å². The first-order valence-corrected chi connectivity index (χ1v) is 11.6. The summed E-state index contributed by atoms with van der Waals surface area (Å²) in [7, 11) is 0. The highest BCUT2D eigenvalue weighted by molar-refractivity contribution is 7.22. The van der Waals surface area contributed by atoms with Crippen molar-refractivity contribution in [1.82, 2.24) is 9.97 Å². The lowest BCUT2D eigenvalue weighted by atomic mass is 9.75. The van der Waals surface area contributed by atoms with Crippen LogP contribution in [0.5, 0.6) is 0 Å². The molecular formula is C24H23ClFN3S. The minimum atomic E-state index is -0.194. The predicted octanol–water partition coefficient (Wildman–Crippen LogP) is 7.41. The highest BCUT2D eigenvalue weighted by Crippen LogP contribution is 2.40. The number of thiazole rings is 1. The standard InChI is InChI=1S/C24H23ClFN3S/c1-14(28-24-29-22-12-17(25)6-9-23(22)30-24)15-2-4-16(5-3-15)19-10-11-27-21-8-7-18(26)13-20(19)21/h6-16H,2-5H2,1H3,(H,28,29)/t14-,15?,16?/m1/s1. The van der Waals surface area contributed by atoms with Gasteiger partial charge in [-0.2, -0.15) is 0 Å². The van der Waals surface area contributed by atoms with Crippen LogP contribution in [0.2, 0.25) is 5.02 Å². The zero-order valence-electron chi connectivity index (χ0n) is 16.7. The molecule has 0 spiro atoms. The number of anilines is 1. The molecule has 154 valence electrons. The van der Waals surface area contributed by atoms with Crippen molar-refractivity contribution in [2.75, 3.05) is 5.32 Å². The third kappa shape index (κ3) is 3.88. The monoisotopic (exact) mass is 439 g/mol. The molecule has 0 saturated heterocycles. The van der Waals surface area contributed by atoms with E-state index in [2.05, 4.69) is 23.3 Å². The SMILES string of the molecule is C[C@@H](Nc1nc2cc(Cl)ccc2s1)C1CCC(c2ccnc3ccc(F)cc23)CC1. The van der Waals surface area contributed by atoms with E-state index in [4.69, 9.17) is 16.6 Å². The molecule has 2 aromatic carbocycles. The van der Waals surface area contributed by atoms with Crippen LogP contribution < -0.4 is 5.32 Å². The molecule has 0 aliphatic heterocycles. The molecule has 0 unspecified atom stereocenters. The first kappa shape index (κ1) is 19.7. The quantitative estimate of drug-likeness (QED) is 0.359.